The zero-order chi connectivity index (χ0) is 24.5. The predicted molar refractivity (Wildman–Crippen MR) is 138 cm³/mol. The van der Waals surface area contributed by atoms with Gasteiger partial charge in [0.1, 0.15) is 11.4 Å². The number of hydrogen-bond acceptors (Lipinski definition) is 6. The molecule has 8 nitrogen and oxygen atoms in total. The van der Waals surface area contributed by atoms with Crippen LogP contribution in [-0.2, 0) is 4.79 Å². The van der Waals surface area contributed by atoms with E-state index < -0.39 is 11.8 Å². The van der Waals surface area contributed by atoms with Gasteiger partial charge in [-0.2, -0.15) is 5.10 Å². The highest BCUT2D eigenvalue weighted by molar-refractivity contribution is 14.1. The Bertz CT molecular complexity index is 1240. The summed E-state index contributed by atoms with van der Waals surface area (Å²) in [4.78, 5) is 25.6. The molecule has 34 heavy (non-hydrogen) atoms. The molecule has 3 aromatic rings. The van der Waals surface area contributed by atoms with Crippen molar-refractivity contribution in [2.75, 3.05) is 14.2 Å². The molecule has 0 aromatic heterocycles. The fourth-order valence-corrected chi connectivity index (χ4v) is 3.42. The van der Waals surface area contributed by atoms with Gasteiger partial charge in [-0.25, -0.2) is 5.43 Å². The first-order valence-corrected chi connectivity index (χ1v) is 11.1. The minimum atomic E-state index is -0.621. The largest absolute Gasteiger partial charge is 0.507 e. The van der Waals surface area contributed by atoms with Gasteiger partial charge in [-0.3, -0.25) is 9.59 Å². The van der Waals surface area contributed by atoms with Crippen molar-refractivity contribution in [3.8, 4) is 17.2 Å². The number of hydrazone groups is 1. The molecule has 0 radical (unpaired) electrons. The van der Waals surface area contributed by atoms with Crippen LogP contribution in [0.15, 0.2) is 77.5 Å². The molecule has 0 aliphatic heterocycles. The molecule has 3 rings (SSSR count). The summed E-state index contributed by atoms with van der Waals surface area (Å²) in [6.45, 7) is 0. The van der Waals surface area contributed by atoms with Crippen molar-refractivity contribution in [2.45, 2.75) is 0 Å². The van der Waals surface area contributed by atoms with Gasteiger partial charge in [0.2, 0.25) is 0 Å². The van der Waals surface area contributed by atoms with Crippen LogP contribution in [0, 0.1) is 3.57 Å². The molecular weight excluding hydrogens is 549 g/mol. The lowest BCUT2D eigenvalue weighted by molar-refractivity contribution is -0.117. The minimum Gasteiger partial charge on any atom is -0.507 e. The fourth-order valence-electron chi connectivity index (χ4n) is 2.88. The van der Waals surface area contributed by atoms with Crippen molar-refractivity contribution in [1.29, 1.82) is 0 Å². The van der Waals surface area contributed by atoms with E-state index in [-0.39, 0.29) is 11.4 Å². The number of carbonyl (C=O) groups is 2. The van der Waals surface area contributed by atoms with E-state index in [1.54, 1.807) is 60.7 Å². The molecule has 0 unspecified atom stereocenters. The third-order valence-corrected chi connectivity index (χ3v) is 5.46. The average Bonchev–Trinajstić information content (AvgIpc) is 2.86. The predicted octanol–water partition coefficient (Wildman–Crippen LogP) is 3.94. The van der Waals surface area contributed by atoms with Crippen molar-refractivity contribution >= 4 is 46.7 Å². The van der Waals surface area contributed by atoms with Crippen LogP contribution < -0.4 is 20.2 Å². The molecule has 0 heterocycles. The Balaban J connectivity index is 1.86. The number of rotatable bonds is 8. The summed E-state index contributed by atoms with van der Waals surface area (Å²) in [7, 11) is 3.04. The average molecular weight is 571 g/mol. The molecule has 0 bridgehead atoms. The zero-order valence-electron chi connectivity index (χ0n) is 18.4. The lowest BCUT2D eigenvalue weighted by Gasteiger charge is -2.11. The smallest absolute Gasteiger partial charge is 0.287 e. The summed E-state index contributed by atoms with van der Waals surface area (Å²) >= 11 is 1.99. The zero-order valence-corrected chi connectivity index (χ0v) is 20.6. The topological polar surface area (TPSA) is 109 Å². The number of phenolic OH excluding ortho intramolecular Hbond substituents is 1. The molecule has 174 valence electrons. The second-order valence-electron chi connectivity index (χ2n) is 6.90. The van der Waals surface area contributed by atoms with Gasteiger partial charge >= 0.3 is 0 Å². The number of amides is 2. The van der Waals surface area contributed by atoms with Crippen LogP contribution in [0.5, 0.6) is 17.2 Å². The monoisotopic (exact) mass is 571 g/mol. The first kappa shape index (κ1) is 24.8. The first-order chi connectivity index (χ1) is 16.4. The van der Waals surface area contributed by atoms with E-state index in [9.17, 15) is 14.7 Å². The molecule has 3 aromatic carbocycles. The Hall–Kier alpha value is -3.86. The third-order valence-electron chi connectivity index (χ3n) is 4.60. The van der Waals surface area contributed by atoms with E-state index in [4.69, 9.17) is 9.47 Å². The first-order valence-electron chi connectivity index (χ1n) is 10.0. The Labute approximate surface area is 210 Å². The van der Waals surface area contributed by atoms with Crippen molar-refractivity contribution in [3.05, 3.63) is 92.7 Å². The maximum Gasteiger partial charge on any atom is 0.287 e. The summed E-state index contributed by atoms with van der Waals surface area (Å²) in [5, 5.41) is 16.2. The van der Waals surface area contributed by atoms with Gasteiger partial charge in [-0.1, -0.05) is 24.3 Å². The Morgan fingerprint density at radius 2 is 1.65 bits per heavy atom. The number of aromatic hydroxyl groups is 1. The third kappa shape index (κ3) is 6.58. The number of methoxy groups -OCH3 is 2. The van der Waals surface area contributed by atoms with Gasteiger partial charge in [0.05, 0.1) is 24.0 Å². The molecule has 9 heteroatoms. The van der Waals surface area contributed by atoms with Crippen LogP contribution in [0.25, 0.3) is 6.08 Å². The highest BCUT2D eigenvalue weighted by Crippen LogP contribution is 2.28. The van der Waals surface area contributed by atoms with Gasteiger partial charge in [0, 0.05) is 5.56 Å². The van der Waals surface area contributed by atoms with Crippen LogP contribution in [0.3, 0.4) is 0 Å². The van der Waals surface area contributed by atoms with E-state index in [0.29, 0.717) is 31.8 Å². The molecule has 0 aliphatic carbocycles. The van der Waals surface area contributed by atoms with Gasteiger partial charge in [-0.15, -0.1) is 0 Å². The van der Waals surface area contributed by atoms with E-state index >= 15 is 0 Å². The number of carbonyl (C=O) groups excluding carboxylic acids is 2. The molecule has 3 N–H and O–H groups in total. The number of hydrogen-bond donors (Lipinski definition) is 3. The summed E-state index contributed by atoms with van der Waals surface area (Å²) in [6, 6.07) is 18.6. The van der Waals surface area contributed by atoms with Gasteiger partial charge in [0.25, 0.3) is 11.8 Å². The maximum absolute atomic E-state index is 12.9. The van der Waals surface area contributed by atoms with Crippen molar-refractivity contribution in [3.63, 3.8) is 0 Å². The van der Waals surface area contributed by atoms with Gasteiger partial charge in [0.15, 0.2) is 11.5 Å². The van der Waals surface area contributed by atoms with Crippen LogP contribution in [0.1, 0.15) is 21.5 Å². The van der Waals surface area contributed by atoms with E-state index in [1.165, 1.54) is 32.6 Å². The molecule has 0 aliphatic rings. The van der Waals surface area contributed by atoms with Crippen LogP contribution in [0.2, 0.25) is 0 Å². The van der Waals surface area contributed by atoms with Crippen molar-refractivity contribution in [1.82, 2.24) is 10.7 Å². The number of nitrogens with zero attached hydrogens (tertiary/aromatic N) is 1. The second-order valence-corrected chi connectivity index (χ2v) is 8.06. The molecular formula is C25H22IN3O5. The highest BCUT2D eigenvalue weighted by atomic mass is 127. The Kier molecular flexibility index (Phi) is 8.63. The summed E-state index contributed by atoms with van der Waals surface area (Å²) in [6.07, 6.45) is 2.95. The SMILES string of the molecule is COc1ccc(/C=C(\NC(=O)c2ccccc2)C(=O)N/N=C/c2ccc(O)c(I)c2)cc1OC. The minimum absolute atomic E-state index is 0.0153. The van der Waals surface area contributed by atoms with E-state index in [1.807, 2.05) is 22.6 Å². The number of nitrogens with one attached hydrogen (secondary N) is 2. The number of halogens is 1. The maximum atomic E-state index is 12.9. The van der Waals surface area contributed by atoms with Crippen molar-refractivity contribution in [2.24, 2.45) is 5.10 Å². The number of benzene rings is 3. The lowest BCUT2D eigenvalue weighted by atomic mass is 10.1. The molecule has 0 saturated carbocycles. The summed E-state index contributed by atoms with van der Waals surface area (Å²) < 4.78 is 11.2. The molecule has 0 spiro atoms. The van der Waals surface area contributed by atoms with Gasteiger partial charge in [-0.05, 0) is 82.3 Å². The normalized spacial score (nSPS) is 11.2. The second kappa shape index (κ2) is 11.8. The molecule has 2 amide bonds. The Morgan fingerprint density at radius 1 is 0.941 bits per heavy atom. The lowest BCUT2D eigenvalue weighted by Crippen LogP contribution is -2.32. The van der Waals surface area contributed by atoms with E-state index in [2.05, 4.69) is 15.8 Å². The molecule has 0 saturated heterocycles. The highest BCUT2D eigenvalue weighted by Gasteiger charge is 2.15. The number of phenols is 1. The Morgan fingerprint density at radius 3 is 2.32 bits per heavy atom. The van der Waals surface area contributed by atoms with Gasteiger partial charge < -0.3 is 19.9 Å². The van der Waals surface area contributed by atoms with Crippen molar-refractivity contribution < 1.29 is 24.2 Å². The summed E-state index contributed by atoms with van der Waals surface area (Å²) in [5.41, 5.74) is 4.09. The van der Waals surface area contributed by atoms with Crippen LogP contribution in [-0.4, -0.2) is 37.4 Å². The fraction of sp³-hybridized carbons (Fsp3) is 0.0800. The van der Waals surface area contributed by atoms with Crippen LogP contribution >= 0.6 is 22.6 Å². The van der Waals surface area contributed by atoms with E-state index in [0.717, 1.165) is 0 Å². The number of ether oxygens (including phenoxy) is 2. The van der Waals surface area contributed by atoms with Crippen LogP contribution in [0.4, 0.5) is 0 Å². The quantitative estimate of drug-likeness (QED) is 0.164. The molecule has 0 fully saturated rings. The summed E-state index contributed by atoms with van der Waals surface area (Å²) in [5.74, 6) is 0.103. The standard InChI is InChI=1S/C25H22IN3O5/c1-33-22-11-9-16(14-23(22)34-2)13-20(28-24(31)18-6-4-3-5-7-18)25(32)29-27-15-17-8-10-21(30)19(26)12-17/h3-15,30H,1-2H3,(H,28,31)(H,29,32)/b20-13-,27-15+. The molecule has 0 atom stereocenters.